The van der Waals surface area contributed by atoms with E-state index in [0.29, 0.717) is 19.0 Å². The highest BCUT2D eigenvalue weighted by atomic mass is 17.2. The Hall–Kier alpha value is -2.02. The van der Waals surface area contributed by atoms with Crippen LogP contribution in [-0.2, 0) is 16.2 Å². The zero-order chi connectivity index (χ0) is 17.6. The largest absolute Gasteiger partial charge is 0.456 e. The average molecular weight is 340 g/mol. The number of benzene rings is 1. The van der Waals surface area contributed by atoms with E-state index >= 15 is 0 Å². The molecule has 0 saturated heterocycles. The smallest absolute Gasteiger partial charge is 0.176 e. The van der Waals surface area contributed by atoms with Crippen LogP contribution < -0.4 is 0 Å². The van der Waals surface area contributed by atoms with E-state index in [1.54, 1.807) is 6.26 Å². The molecule has 25 heavy (non-hydrogen) atoms. The van der Waals surface area contributed by atoms with Gasteiger partial charge in [0.2, 0.25) is 0 Å². The van der Waals surface area contributed by atoms with Crippen LogP contribution in [0, 0.1) is 11.8 Å². The Morgan fingerprint density at radius 2 is 1.64 bits per heavy atom. The average Bonchev–Trinajstić information content (AvgIpc) is 3.16. The molecule has 2 aromatic rings. The molecule has 0 atom stereocenters. The molecular weight excluding hydrogens is 312 g/mol. The summed E-state index contributed by atoms with van der Waals surface area (Å²) in [4.78, 5) is 9.88. The molecule has 1 aromatic carbocycles. The molecule has 0 N–H and O–H groups in total. The van der Waals surface area contributed by atoms with Gasteiger partial charge < -0.3 is 4.42 Å². The van der Waals surface area contributed by atoms with Crippen molar-refractivity contribution < 1.29 is 14.2 Å². The monoisotopic (exact) mass is 340 g/mol. The predicted molar refractivity (Wildman–Crippen MR) is 100 cm³/mol. The molecule has 0 aliphatic heterocycles. The molecule has 0 aliphatic carbocycles. The Balaban J connectivity index is 1.64. The molecule has 3 heteroatoms. The number of furan rings is 1. The van der Waals surface area contributed by atoms with Gasteiger partial charge in [-0.3, -0.25) is 0 Å². The predicted octanol–water partition coefficient (Wildman–Crippen LogP) is 5.53. The lowest BCUT2D eigenvalue weighted by Gasteiger charge is -2.05. The van der Waals surface area contributed by atoms with Crippen molar-refractivity contribution >= 4 is 0 Å². The van der Waals surface area contributed by atoms with Crippen LogP contribution in [0.15, 0.2) is 47.1 Å². The van der Waals surface area contributed by atoms with E-state index in [-0.39, 0.29) is 0 Å². The third-order valence-electron chi connectivity index (χ3n) is 3.98. The number of hydrogen-bond acceptors (Lipinski definition) is 3. The molecule has 0 aliphatic rings. The van der Waals surface area contributed by atoms with Gasteiger partial charge >= 0.3 is 0 Å². The van der Waals surface area contributed by atoms with E-state index < -0.39 is 0 Å². The highest BCUT2D eigenvalue weighted by Gasteiger charge is 2.00. The molecule has 0 amide bonds. The van der Waals surface area contributed by atoms with Gasteiger partial charge in [0.25, 0.3) is 0 Å². The van der Waals surface area contributed by atoms with Crippen LogP contribution in [-0.4, -0.2) is 13.2 Å². The molecule has 134 valence electrons. The lowest BCUT2D eigenvalue weighted by molar-refractivity contribution is -0.291. The second-order valence-electron chi connectivity index (χ2n) is 5.98. The van der Waals surface area contributed by atoms with Gasteiger partial charge in [0.05, 0.1) is 19.5 Å². The van der Waals surface area contributed by atoms with Crippen LogP contribution in [0.5, 0.6) is 0 Å². The maximum atomic E-state index is 5.27. The standard InChI is InChI=1S/C22H28O3/c1-2-24-25-19-10-6-4-3-5-7-12-20-13-8-9-14-21(20)16-17-22-15-11-18-23-22/h8-9,11,13-15,18H,2-7,10,12,19H2,1H3. The second-order valence-corrected chi connectivity index (χ2v) is 5.98. The number of unbranched alkanes of at least 4 members (excludes halogenated alkanes) is 5. The summed E-state index contributed by atoms with van der Waals surface area (Å²) in [5.41, 5.74) is 2.43. The SMILES string of the molecule is CCOOCCCCCCCCc1ccccc1C#Cc1ccco1. The summed E-state index contributed by atoms with van der Waals surface area (Å²) < 4.78 is 5.27. The zero-order valence-electron chi connectivity index (χ0n) is 15.1. The lowest BCUT2D eigenvalue weighted by Crippen LogP contribution is -1.96. The Kier molecular flexibility index (Phi) is 9.54. The second kappa shape index (κ2) is 12.4. The lowest BCUT2D eigenvalue weighted by atomic mass is 10.0. The molecule has 2 rings (SSSR count). The van der Waals surface area contributed by atoms with E-state index in [0.717, 1.165) is 18.4 Å². The first-order valence-electron chi connectivity index (χ1n) is 9.28. The topological polar surface area (TPSA) is 31.6 Å². The third-order valence-corrected chi connectivity index (χ3v) is 3.98. The van der Waals surface area contributed by atoms with Gasteiger partial charge in [-0.25, -0.2) is 9.78 Å². The molecule has 0 fully saturated rings. The van der Waals surface area contributed by atoms with E-state index in [1.165, 1.54) is 37.7 Å². The normalized spacial score (nSPS) is 10.4. The maximum Gasteiger partial charge on any atom is 0.176 e. The molecule has 1 aromatic heterocycles. The van der Waals surface area contributed by atoms with Crippen molar-refractivity contribution in [2.75, 3.05) is 13.2 Å². The van der Waals surface area contributed by atoms with Crippen LogP contribution >= 0.6 is 0 Å². The van der Waals surface area contributed by atoms with Crippen molar-refractivity contribution in [1.82, 2.24) is 0 Å². The van der Waals surface area contributed by atoms with Gasteiger partial charge in [-0.15, -0.1) is 0 Å². The summed E-state index contributed by atoms with van der Waals surface area (Å²) in [6, 6.07) is 12.1. The summed E-state index contributed by atoms with van der Waals surface area (Å²) >= 11 is 0. The van der Waals surface area contributed by atoms with Crippen molar-refractivity contribution in [1.29, 1.82) is 0 Å². The molecule has 1 heterocycles. The number of aryl methyl sites for hydroxylation is 1. The third kappa shape index (κ3) is 8.07. The first kappa shape index (κ1) is 19.3. The van der Waals surface area contributed by atoms with E-state index in [4.69, 9.17) is 14.2 Å². The van der Waals surface area contributed by atoms with E-state index in [2.05, 4.69) is 30.0 Å². The minimum absolute atomic E-state index is 0.618. The van der Waals surface area contributed by atoms with Crippen molar-refractivity contribution in [3.8, 4) is 11.8 Å². The van der Waals surface area contributed by atoms with Gasteiger partial charge in [0, 0.05) is 5.56 Å². The molecule has 0 spiro atoms. The first-order chi connectivity index (χ1) is 12.4. The summed E-state index contributed by atoms with van der Waals surface area (Å²) in [6.07, 6.45) is 10.0. The van der Waals surface area contributed by atoms with Crippen molar-refractivity contribution in [2.45, 2.75) is 51.9 Å². The molecule has 0 unspecified atom stereocenters. The molecule has 3 nitrogen and oxygen atoms in total. The maximum absolute atomic E-state index is 5.27. The Morgan fingerprint density at radius 1 is 0.840 bits per heavy atom. The van der Waals surface area contributed by atoms with Gasteiger partial charge in [-0.1, -0.05) is 49.8 Å². The van der Waals surface area contributed by atoms with Crippen LogP contribution in [0.1, 0.15) is 62.3 Å². The van der Waals surface area contributed by atoms with Gasteiger partial charge in [0.1, 0.15) is 0 Å². The number of rotatable bonds is 11. The zero-order valence-corrected chi connectivity index (χ0v) is 15.1. The van der Waals surface area contributed by atoms with Crippen LogP contribution in [0.4, 0.5) is 0 Å². The van der Waals surface area contributed by atoms with Crippen molar-refractivity contribution in [3.05, 3.63) is 59.5 Å². The number of hydrogen-bond donors (Lipinski definition) is 0. The summed E-state index contributed by atoms with van der Waals surface area (Å²) in [7, 11) is 0. The highest BCUT2D eigenvalue weighted by molar-refractivity contribution is 5.44. The van der Waals surface area contributed by atoms with E-state index in [9.17, 15) is 0 Å². The quantitative estimate of drug-likeness (QED) is 0.233. The molecule has 0 radical (unpaired) electrons. The Morgan fingerprint density at radius 3 is 2.44 bits per heavy atom. The van der Waals surface area contributed by atoms with Gasteiger partial charge in [-0.2, -0.15) is 0 Å². The Bertz CT molecular complexity index is 635. The van der Waals surface area contributed by atoms with Crippen molar-refractivity contribution in [3.63, 3.8) is 0 Å². The fourth-order valence-electron chi connectivity index (χ4n) is 2.66. The molecular formula is C22H28O3. The van der Waals surface area contributed by atoms with Crippen LogP contribution in [0.2, 0.25) is 0 Å². The highest BCUT2D eigenvalue weighted by Crippen LogP contribution is 2.14. The van der Waals surface area contributed by atoms with Crippen LogP contribution in [0.25, 0.3) is 0 Å². The van der Waals surface area contributed by atoms with Crippen molar-refractivity contribution in [2.24, 2.45) is 0 Å². The summed E-state index contributed by atoms with van der Waals surface area (Å²) in [5.74, 6) is 7.02. The Labute approximate surface area is 151 Å². The molecule has 0 bridgehead atoms. The van der Waals surface area contributed by atoms with Gasteiger partial charge in [-0.05, 0) is 55.9 Å². The molecule has 0 saturated carbocycles. The van der Waals surface area contributed by atoms with Gasteiger partial charge in [0.15, 0.2) is 5.76 Å². The minimum atomic E-state index is 0.618. The fourth-order valence-corrected chi connectivity index (χ4v) is 2.66. The fraction of sp³-hybridized carbons (Fsp3) is 0.455. The first-order valence-corrected chi connectivity index (χ1v) is 9.28. The minimum Gasteiger partial charge on any atom is -0.456 e. The van der Waals surface area contributed by atoms with E-state index in [1.807, 2.05) is 25.1 Å². The summed E-state index contributed by atoms with van der Waals surface area (Å²) in [6.45, 7) is 3.25. The van der Waals surface area contributed by atoms with Crippen LogP contribution in [0.3, 0.4) is 0 Å². The summed E-state index contributed by atoms with van der Waals surface area (Å²) in [5, 5.41) is 0.